The summed E-state index contributed by atoms with van der Waals surface area (Å²) in [6.07, 6.45) is 1.82. The average Bonchev–Trinajstić information content (AvgIpc) is 2.44. The van der Waals surface area contributed by atoms with E-state index >= 15 is 0 Å². The molecule has 0 aromatic heterocycles. The Kier molecular flexibility index (Phi) is 5.69. The van der Waals surface area contributed by atoms with Crippen molar-refractivity contribution in [2.24, 2.45) is 0 Å². The van der Waals surface area contributed by atoms with E-state index in [1.807, 2.05) is 6.26 Å². The van der Waals surface area contributed by atoms with Crippen LogP contribution in [-0.4, -0.2) is 42.7 Å². The van der Waals surface area contributed by atoms with Gasteiger partial charge in [0.05, 0.1) is 30.7 Å². The molecule has 0 saturated heterocycles. The molecule has 1 amide bonds. The number of hydrogen-bond donors (Lipinski definition) is 2. The first-order valence-electron chi connectivity index (χ1n) is 5.77. The van der Waals surface area contributed by atoms with E-state index in [-0.39, 0.29) is 28.2 Å². The summed E-state index contributed by atoms with van der Waals surface area (Å²) >= 11 is 1.39. The second-order valence-corrected chi connectivity index (χ2v) is 5.11. The first kappa shape index (κ1) is 16.2. The predicted molar refractivity (Wildman–Crippen MR) is 78.1 cm³/mol. The lowest BCUT2D eigenvalue weighted by molar-refractivity contribution is -0.115. The molecule has 0 bridgehead atoms. The van der Waals surface area contributed by atoms with Crippen LogP contribution in [0.25, 0.3) is 0 Å². The Bertz CT molecular complexity index is 518. The van der Waals surface area contributed by atoms with Crippen LogP contribution in [0, 0.1) is 0 Å². The highest BCUT2D eigenvalue weighted by atomic mass is 32.2. The third-order valence-corrected chi connectivity index (χ3v) is 3.63. The summed E-state index contributed by atoms with van der Waals surface area (Å²) in [7, 11) is 2.82. The quantitative estimate of drug-likeness (QED) is 0.836. The molecule has 1 rings (SSSR count). The lowest BCUT2D eigenvalue weighted by Crippen LogP contribution is -2.22. The molecule has 0 aliphatic heterocycles. The molecule has 0 fully saturated rings. The summed E-state index contributed by atoms with van der Waals surface area (Å²) in [5, 5.41) is 11.5. The Morgan fingerprint density at radius 3 is 2.40 bits per heavy atom. The SMILES string of the molecule is COc1cc(C(=O)O)cc(NC(=O)C(C)SC)c1OC. The number of carboxylic acid groups (broad SMARTS) is 1. The zero-order valence-electron chi connectivity index (χ0n) is 11.7. The summed E-state index contributed by atoms with van der Waals surface area (Å²) < 4.78 is 10.3. The zero-order valence-corrected chi connectivity index (χ0v) is 12.5. The number of thioether (sulfide) groups is 1. The zero-order chi connectivity index (χ0) is 15.3. The maximum Gasteiger partial charge on any atom is 0.335 e. The van der Waals surface area contributed by atoms with E-state index in [1.54, 1.807) is 6.92 Å². The fraction of sp³-hybridized carbons (Fsp3) is 0.385. The number of rotatable bonds is 6. The van der Waals surface area contributed by atoms with Gasteiger partial charge in [-0.2, -0.15) is 11.8 Å². The van der Waals surface area contributed by atoms with Crippen LogP contribution in [0.15, 0.2) is 12.1 Å². The lowest BCUT2D eigenvalue weighted by Gasteiger charge is -2.16. The van der Waals surface area contributed by atoms with Crippen LogP contribution < -0.4 is 14.8 Å². The molecule has 0 saturated carbocycles. The van der Waals surface area contributed by atoms with Crippen molar-refractivity contribution >= 4 is 29.3 Å². The van der Waals surface area contributed by atoms with E-state index < -0.39 is 5.97 Å². The van der Waals surface area contributed by atoms with Crippen molar-refractivity contribution in [2.45, 2.75) is 12.2 Å². The van der Waals surface area contributed by atoms with Gasteiger partial charge in [0.2, 0.25) is 5.91 Å². The van der Waals surface area contributed by atoms with Crippen molar-refractivity contribution in [3.8, 4) is 11.5 Å². The minimum atomic E-state index is -1.11. The van der Waals surface area contributed by atoms with Crippen LogP contribution >= 0.6 is 11.8 Å². The van der Waals surface area contributed by atoms with Crippen molar-refractivity contribution in [3.63, 3.8) is 0 Å². The summed E-state index contributed by atoms with van der Waals surface area (Å²) in [6, 6.07) is 2.68. The van der Waals surface area contributed by atoms with Gasteiger partial charge < -0.3 is 19.9 Å². The monoisotopic (exact) mass is 299 g/mol. The van der Waals surface area contributed by atoms with E-state index in [2.05, 4.69) is 5.32 Å². The van der Waals surface area contributed by atoms with Crippen molar-refractivity contribution in [1.82, 2.24) is 0 Å². The molecule has 0 aliphatic carbocycles. The lowest BCUT2D eigenvalue weighted by atomic mass is 10.1. The Balaban J connectivity index is 3.24. The van der Waals surface area contributed by atoms with E-state index in [0.29, 0.717) is 5.75 Å². The van der Waals surface area contributed by atoms with Crippen LogP contribution in [0.2, 0.25) is 0 Å². The van der Waals surface area contributed by atoms with E-state index in [1.165, 1.54) is 38.1 Å². The summed E-state index contributed by atoms with van der Waals surface area (Å²) in [5.41, 5.74) is 0.282. The maximum absolute atomic E-state index is 11.9. The van der Waals surface area contributed by atoms with Gasteiger partial charge in [0.25, 0.3) is 0 Å². The first-order valence-corrected chi connectivity index (χ1v) is 7.06. The summed E-state index contributed by atoms with van der Waals surface area (Å²) in [4.78, 5) is 23.0. The molecule has 0 radical (unpaired) electrons. The molecule has 1 unspecified atom stereocenters. The standard InChI is InChI=1S/C13H17NO5S/c1-7(20-4)12(15)14-9-5-8(13(16)17)6-10(18-2)11(9)19-3/h5-7H,1-4H3,(H,14,15)(H,16,17). The minimum absolute atomic E-state index is 0.00903. The second-order valence-electron chi connectivity index (χ2n) is 3.93. The number of methoxy groups -OCH3 is 2. The Morgan fingerprint density at radius 1 is 1.30 bits per heavy atom. The fourth-order valence-electron chi connectivity index (χ4n) is 1.52. The van der Waals surface area contributed by atoms with Gasteiger partial charge in [-0.25, -0.2) is 4.79 Å². The number of carboxylic acids is 1. The number of carbonyl (C=O) groups is 2. The second kappa shape index (κ2) is 7.04. The Morgan fingerprint density at radius 2 is 1.95 bits per heavy atom. The molecule has 20 heavy (non-hydrogen) atoms. The first-order chi connectivity index (χ1) is 9.44. The molecule has 0 aliphatic rings. The van der Waals surface area contributed by atoms with Gasteiger partial charge in [-0.3, -0.25) is 4.79 Å². The molecule has 1 aromatic carbocycles. The molecule has 110 valence electrons. The molecular formula is C13H17NO5S. The predicted octanol–water partition coefficient (Wildman–Crippen LogP) is 2.09. The number of ether oxygens (including phenoxy) is 2. The van der Waals surface area contributed by atoms with Gasteiger partial charge in [0.15, 0.2) is 11.5 Å². The maximum atomic E-state index is 11.9. The average molecular weight is 299 g/mol. The van der Waals surface area contributed by atoms with E-state index in [9.17, 15) is 9.59 Å². The minimum Gasteiger partial charge on any atom is -0.493 e. The molecule has 0 heterocycles. The Labute approximate surface area is 121 Å². The molecule has 1 atom stereocenters. The largest absolute Gasteiger partial charge is 0.493 e. The third-order valence-electron chi connectivity index (χ3n) is 2.71. The van der Waals surface area contributed by atoms with Crippen LogP contribution in [0.1, 0.15) is 17.3 Å². The van der Waals surface area contributed by atoms with Gasteiger partial charge in [0, 0.05) is 0 Å². The number of amides is 1. The fourth-order valence-corrected chi connectivity index (χ4v) is 1.80. The van der Waals surface area contributed by atoms with Gasteiger partial charge in [0.1, 0.15) is 0 Å². The Hall–Kier alpha value is -1.89. The highest BCUT2D eigenvalue weighted by molar-refractivity contribution is 7.99. The normalized spacial score (nSPS) is 11.6. The topological polar surface area (TPSA) is 84.9 Å². The van der Waals surface area contributed by atoms with E-state index in [0.717, 1.165) is 0 Å². The van der Waals surface area contributed by atoms with Crippen molar-refractivity contribution in [3.05, 3.63) is 17.7 Å². The molecular weight excluding hydrogens is 282 g/mol. The molecule has 0 spiro atoms. The molecule has 6 nitrogen and oxygen atoms in total. The van der Waals surface area contributed by atoms with Gasteiger partial charge in [-0.1, -0.05) is 0 Å². The van der Waals surface area contributed by atoms with E-state index in [4.69, 9.17) is 14.6 Å². The van der Waals surface area contributed by atoms with Crippen molar-refractivity contribution in [1.29, 1.82) is 0 Å². The van der Waals surface area contributed by atoms with Crippen LogP contribution in [0.3, 0.4) is 0 Å². The number of aromatic carboxylic acids is 1. The number of nitrogens with one attached hydrogen (secondary N) is 1. The van der Waals surface area contributed by atoms with Crippen LogP contribution in [0.4, 0.5) is 5.69 Å². The number of carbonyl (C=O) groups excluding carboxylic acids is 1. The number of anilines is 1. The summed E-state index contributed by atoms with van der Waals surface area (Å²) in [6.45, 7) is 1.75. The summed E-state index contributed by atoms with van der Waals surface area (Å²) in [5.74, 6) is -0.807. The third kappa shape index (κ3) is 3.57. The van der Waals surface area contributed by atoms with Crippen molar-refractivity contribution in [2.75, 3.05) is 25.8 Å². The van der Waals surface area contributed by atoms with Crippen LogP contribution in [-0.2, 0) is 4.79 Å². The molecule has 2 N–H and O–H groups in total. The highest BCUT2D eigenvalue weighted by Crippen LogP contribution is 2.36. The number of hydrogen-bond acceptors (Lipinski definition) is 5. The molecule has 7 heteroatoms. The highest BCUT2D eigenvalue weighted by Gasteiger charge is 2.19. The van der Waals surface area contributed by atoms with Crippen molar-refractivity contribution < 1.29 is 24.2 Å². The van der Waals surface area contributed by atoms with Crippen LogP contribution in [0.5, 0.6) is 11.5 Å². The smallest absolute Gasteiger partial charge is 0.335 e. The van der Waals surface area contributed by atoms with Gasteiger partial charge in [-0.15, -0.1) is 0 Å². The van der Waals surface area contributed by atoms with Gasteiger partial charge in [-0.05, 0) is 25.3 Å². The van der Waals surface area contributed by atoms with Gasteiger partial charge >= 0.3 is 5.97 Å². The number of benzene rings is 1. The molecule has 1 aromatic rings.